The molecule has 1 fully saturated rings. The van der Waals surface area contributed by atoms with E-state index in [4.69, 9.17) is 4.74 Å². The van der Waals surface area contributed by atoms with Gasteiger partial charge in [-0.25, -0.2) is 0 Å². The van der Waals surface area contributed by atoms with Crippen LogP contribution in [0.2, 0.25) is 0 Å². The highest BCUT2D eigenvalue weighted by atomic mass is 79.9. The first-order chi connectivity index (χ1) is 9.94. The van der Waals surface area contributed by atoms with Crippen molar-refractivity contribution in [1.29, 1.82) is 0 Å². The predicted octanol–water partition coefficient (Wildman–Crippen LogP) is 6.02. The largest absolute Gasteiger partial charge is 0.366 e. The summed E-state index contributed by atoms with van der Waals surface area (Å²) in [6.45, 7) is 9.03. The summed E-state index contributed by atoms with van der Waals surface area (Å²) >= 11 is 3.67. The van der Waals surface area contributed by atoms with Gasteiger partial charge in [-0.2, -0.15) is 0 Å². The van der Waals surface area contributed by atoms with E-state index in [9.17, 15) is 0 Å². The van der Waals surface area contributed by atoms with Crippen molar-refractivity contribution in [3.63, 3.8) is 0 Å². The Balaban J connectivity index is 2.12. The SMILES string of the molecule is CC1CCCC(OC(C)(CBr)c2ccc(C(C)C)cc2)C1. The minimum absolute atomic E-state index is 0.225. The molecule has 21 heavy (non-hydrogen) atoms. The summed E-state index contributed by atoms with van der Waals surface area (Å²) in [5, 5.41) is 0.839. The van der Waals surface area contributed by atoms with E-state index in [0.29, 0.717) is 12.0 Å². The number of hydrogen-bond donors (Lipinski definition) is 0. The average molecular weight is 353 g/mol. The Bertz CT molecular complexity index is 439. The van der Waals surface area contributed by atoms with Crippen molar-refractivity contribution in [2.24, 2.45) is 5.92 Å². The van der Waals surface area contributed by atoms with Gasteiger partial charge in [-0.3, -0.25) is 0 Å². The number of rotatable bonds is 5. The topological polar surface area (TPSA) is 9.23 Å². The van der Waals surface area contributed by atoms with Gasteiger partial charge < -0.3 is 4.74 Å². The number of hydrogen-bond acceptors (Lipinski definition) is 1. The summed E-state index contributed by atoms with van der Waals surface area (Å²) < 4.78 is 6.54. The number of ether oxygens (including phenoxy) is 1. The third-order valence-corrected chi connectivity index (χ3v) is 5.83. The normalized spacial score (nSPS) is 25.8. The second kappa shape index (κ2) is 7.28. The summed E-state index contributed by atoms with van der Waals surface area (Å²) in [6, 6.07) is 8.97. The van der Waals surface area contributed by atoms with E-state index in [1.54, 1.807) is 0 Å². The van der Waals surface area contributed by atoms with Crippen LogP contribution in [-0.2, 0) is 10.3 Å². The highest BCUT2D eigenvalue weighted by Crippen LogP contribution is 2.35. The van der Waals surface area contributed by atoms with Crippen molar-refractivity contribution in [3.05, 3.63) is 35.4 Å². The molecule has 0 heterocycles. The van der Waals surface area contributed by atoms with Gasteiger partial charge in [0.1, 0.15) is 5.60 Å². The number of alkyl halides is 1. The highest BCUT2D eigenvalue weighted by molar-refractivity contribution is 9.09. The summed E-state index contributed by atoms with van der Waals surface area (Å²) in [6.07, 6.45) is 5.47. The van der Waals surface area contributed by atoms with Crippen LogP contribution in [0, 0.1) is 5.92 Å². The van der Waals surface area contributed by atoms with Gasteiger partial charge in [-0.05, 0) is 42.7 Å². The Morgan fingerprint density at radius 2 is 1.90 bits per heavy atom. The van der Waals surface area contributed by atoms with Crippen LogP contribution in [0.3, 0.4) is 0 Å². The molecule has 0 aliphatic heterocycles. The van der Waals surface area contributed by atoms with Crippen LogP contribution in [0.5, 0.6) is 0 Å². The smallest absolute Gasteiger partial charge is 0.100 e. The van der Waals surface area contributed by atoms with Crippen LogP contribution in [-0.4, -0.2) is 11.4 Å². The molecule has 0 radical (unpaired) electrons. The zero-order valence-electron chi connectivity index (χ0n) is 13.9. The van der Waals surface area contributed by atoms with Gasteiger partial charge in [-0.1, -0.05) is 73.8 Å². The van der Waals surface area contributed by atoms with E-state index >= 15 is 0 Å². The van der Waals surface area contributed by atoms with Crippen molar-refractivity contribution >= 4 is 15.9 Å². The summed E-state index contributed by atoms with van der Waals surface area (Å²) in [4.78, 5) is 0. The van der Waals surface area contributed by atoms with Gasteiger partial charge in [0.05, 0.1) is 6.10 Å². The first kappa shape index (κ1) is 17.0. The van der Waals surface area contributed by atoms with Gasteiger partial charge in [-0.15, -0.1) is 0 Å². The monoisotopic (exact) mass is 352 g/mol. The maximum absolute atomic E-state index is 6.54. The molecule has 118 valence electrons. The Morgan fingerprint density at radius 3 is 2.43 bits per heavy atom. The van der Waals surface area contributed by atoms with Crippen LogP contribution < -0.4 is 0 Å². The van der Waals surface area contributed by atoms with E-state index in [2.05, 4.69) is 67.9 Å². The maximum atomic E-state index is 6.54. The molecule has 1 aromatic rings. The molecule has 2 heteroatoms. The lowest BCUT2D eigenvalue weighted by molar-refractivity contribution is -0.0916. The van der Waals surface area contributed by atoms with E-state index in [0.717, 1.165) is 11.2 Å². The molecule has 0 N–H and O–H groups in total. The average Bonchev–Trinajstić information content (AvgIpc) is 2.47. The molecule has 0 amide bonds. The molecule has 1 aliphatic rings. The lowest BCUT2D eigenvalue weighted by atomic mass is 9.87. The Hall–Kier alpha value is -0.340. The minimum Gasteiger partial charge on any atom is -0.366 e. The minimum atomic E-state index is -0.225. The van der Waals surface area contributed by atoms with Crippen LogP contribution in [0.4, 0.5) is 0 Å². The third kappa shape index (κ3) is 4.32. The molecular formula is C19H29BrO. The van der Waals surface area contributed by atoms with Crippen LogP contribution in [0.25, 0.3) is 0 Å². The molecule has 1 aromatic carbocycles. The quantitative estimate of drug-likeness (QED) is 0.589. The fourth-order valence-corrected chi connectivity index (χ4v) is 3.71. The Morgan fingerprint density at radius 1 is 1.24 bits per heavy atom. The molecule has 3 atom stereocenters. The molecule has 2 rings (SSSR count). The molecule has 1 nitrogen and oxygen atoms in total. The standard InChI is InChI=1S/C19H29BrO/c1-14(2)16-8-10-17(11-9-16)19(4,13-20)21-18-7-5-6-15(3)12-18/h8-11,14-15,18H,5-7,12-13H2,1-4H3. The molecule has 0 saturated heterocycles. The van der Waals surface area contributed by atoms with Crippen molar-refractivity contribution < 1.29 is 4.74 Å². The van der Waals surface area contributed by atoms with Crippen LogP contribution in [0.1, 0.15) is 70.4 Å². The van der Waals surface area contributed by atoms with Gasteiger partial charge in [0.25, 0.3) is 0 Å². The second-order valence-corrected chi connectivity index (χ2v) is 7.71. The Kier molecular flexibility index (Phi) is 5.90. The fraction of sp³-hybridized carbons (Fsp3) is 0.684. The molecule has 3 unspecified atom stereocenters. The fourth-order valence-electron chi connectivity index (χ4n) is 3.25. The zero-order valence-corrected chi connectivity index (χ0v) is 15.4. The predicted molar refractivity (Wildman–Crippen MR) is 94.2 cm³/mol. The second-order valence-electron chi connectivity index (χ2n) is 7.15. The number of halogens is 1. The number of benzene rings is 1. The Labute approximate surface area is 138 Å². The van der Waals surface area contributed by atoms with E-state index < -0.39 is 0 Å². The van der Waals surface area contributed by atoms with Crippen LogP contribution >= 0.6 is 15.9 Å². The van der Waals surface area contributed by atoms with Crippen molar-refractivity contribution in [2.75, 3.05) is 5.33 Å². The van der Waals surface area contributed by atoms with Gasteiger partial charge in [0.15, 0.2) is 0 Å². The molecule has 0 bridgehead atoms. The lowest BCUT2D eigenvalue weighted by Gasteiger charge is -2.36. The van der Waals surface area contributed by atoms with E-state index in [-0.39, 0.29) is 5.60 Å². The molecule has 0 spiro atoms. The van der Waals surface area contributed by atoms with Crippen LogP contribution in [0.15, 0.2) is 24.3 Å². The first-order valence-corrected chi connectivity index (χ1v) is 9.41. The maximum Gasteiger partial charge on any atom is 0.100 e. The molecular weight excluding hydrogens is 324 g/mol. The van der Waals surface area contributed by atoms with Gasteiger partial charge in [0.2, 0.25) is 0 Å². The third-order valence-electron chi connectivity index (χ3n) is 4.76. The summed E-state index contributed by atoms with van der Waals surface area (Å²) in [5.41, 5.74) is 2.45. The van der Waals surface area contributed by atoms with Crippen molar-refractivity contribution in [1.82, 2.24) is 0 Å². The van der Waals surface area contributed by atoms with E-state index in [1.807, 2.05) is 0 Å². The molecule has 1 aliphatic carbocycles. The van der Waals surface area contributed by atoms with Gasteiger partial charge >= 0.3 is 0 Å². The van der Waals surface area contributed by atoms with Crippen molar-refractivity contribution in [2.45, 2.75) is 71.0 Å². The first-order valence-electron chi connectivity index (χ1n) is 8.29. The highest BCUT2D eigenvalue weighted by Gasteiger charge is 2.31. The lowest BCUT2D eigenvalue weighted by Crippen LogP contribution is -2.35. The molecule has 1 saturated carbocycles. The zero-order chi connectivity index (χ0) is 15.5. The van der Waals surface area contributed by atoms with Gasteiger partial charge in [0, 0.05) is 5.33 Å². The van der Waals surface area contributed by atoms with Crippen molar-refractivity contribution in [3.8, 4) is 0 Å². The summed E-state index contributed by atoms with van der Waals surface area (Å²) in [7, 11) is 0. The molecule has 0 aromatic heterocycles. The van der Waals surface area contributed by atoms with E-state index in [1.165, 1.54) is 36.8 Å². The summed E-state index contributed by atoms with van der Waals surface area (Å²) in [5.74, 6) is 1.38.